The lowest BCUT2D eigenvalue weighted by atomic mass is 9.74. The van der Waals surface area contributed by atoms with Gasteiger partial charge in [-0.15, -0.1) is 0 Å². The van der Waals surface area contributed by atoms with Gasteiger partial charge in [-0.3, -0.25) is 9.79 Å². The van der Waals surface area contributed by atoms with E-state index < -0.39 is 23.2 Å². The molecular weight excluding hydrogens is 355 g/mol. The van der Waals surface area contributed by atoms with Crippen LogP contribution in [0.3, 0.4) is 0 Å². The van der Waals surface area contributed by atoms with Crippen molar-refractivity contribution in [3.05, 3.63) is 23.3 Å². The second kappa shape index (κ2) is 7.41. The van der Waals surface area contributed by atoms with Gasteiger partial charge in [0, 0.05) is 37.3 Å². The lowest BCUT2D eigenvalue weighted by Crippen LogP contribution is -2.48. The third-order valence-electron chi connectivity index (χ3n) is 6.40. The van der Waals surface area contributed by atoms with Crippen LogP contribution in [0.15, 0.2) is 28.3 Å². The van der Waals surface area contributed by atoms with E-state index in [4.69, 9.17) is 5.73 Å². The summed E-state index contributed by atoms with van der Waals surface area (Å²) in [5, 5.41) is 0. The number of nitrogens with two attached hydrogens (primary N) is 1. The van der Waals surface area contributed by atoms with E-state index >= 15 is 0 Å². The Labute approximate surface area is 158 Å². The molecule has 0 spiro atoms. The van der Waals surface area contributed by atoms with E-state index in [1.807, 2.05) is 11.0 Å². The second-order valence-corrected chi connectivity index (χ2v) is 8.30. The van der Waals surface area contributed by atoms with Crippen LogP contribution in [0.5, 0.6) is 0 Å². The SMILES string of the molecule is CC(C)[C@]1(C(=O)N2CC=C(C3CC(C(F)(F)F)=CC=N3)CC2)CC[C@@H](N)C1. The lowest BCUT2D eigenvalue weighted by molar-refractivity contribution is -0.144. The van der Waals surface area contributed by atoms with Gasteiger partial charge in [0.1, 0.15) is 0 Å². The number of carbonyl (C=O) groups is 1. The van der Waals surface area contributed by atoms with Crippen LogP contribution in [-0.2, 0) is 4.79 Å². The fourth-order valence-electron chi connectivity index (χ4n) is 4.57. The number of rotatable bonds is 3. The van der Waals surface area contributed by atoms with Crippen molar-refractivity contribution in [3.63, 3.8) is 0 Å². The maximum atomic E-state index is 13.2. The number of dihydropyridines is 1. The average molecular weight is 383 g/mol. The van der Waals surface area contributed by atoms with Gasteiger partial charge in [0.05, 0.1) is 11.5 Å². The zero-order valence-corrected chi connectivity index (χ0v) is 15.9. The third-order valence-corrected chi connectivity index (χ3v) is 6.40. The van der Waals surface area contributed by atoms with Crippen LogP contribution in [0.4, 0.5) is 13.2 Å². The molecule has 1 saturated carbocycles. The van der Waals surface area contributed by atoms with Gasteiger partial charge in [0.2, 0.25) is 5.91 Å². The first-order chi connectivity index (χ1) is 12.6. The molecule has 3 aliphatic rings. The summed E-state index contributed by atoms with van der Waals surface area (Å²) >= 11 is 0. The highest BCUT2D eigenvalue weighted by molar-refractivity contribution is 5.84. The minimum Gasteiger partial charge on any atom is -0.338 e. The largest absolute Gasteiger partial charge is 0.412 e. The molecule has 1 fully saturated rings. The predicted molar refractivity (Wildman–Crippen MR) is 99.4 cm³/mol. The van der Waals surface area contributed by atoms with Gasteiger partial charge in [-0.25, -0.2) is 0 Å². The number of halogens is 3. The summed E-state index contributed by atoms with van der Waals surface area (Å²) in [4.78, 5) is 19.3. The molecule has 0 aromatic carbocycles. The quantitative estimate of drug-likeness (QED) is 0.757. The summed E-state index contributed by atoms with van der Waals surface area (Å²) in [7, 11) is 0. The van der Waals surface area contributed by atoms with Crippen molar-refractivity contribution in [2.24, 2.45) is 22.1 Å². The number of aliphatic imine (C=N–C) groups is 1. The Balaban J connectivity index is 1.67. The highest BCUT2D eigenvalue weighted by Gasteiger charge is 2.48. The topological polar surface area (TPSA) is 58.7 Å². The first kappa shape index (κ1) is 20.1. The van der Waals surface area contributed by atoms with Gasteiger partial charge >= 0.3 is 6.18 Å². The minimum atomic E-state index is -4.31. The van der Waals surface area contributed by atoms with Crippen molar-refractivity contribution in [3.8, 4) is 0 Å². The molecule has 0 bridgehead atoms. The number of alkyl halides is 3. The molecule has 0 aromatic heterocycles. The summed E-state index contributed by atoms with van der Waals surface area (Å²) in [5.74, 6) is 0.357. The number of nitrogens with zero attached hydrogens (tertiary/aromatic N) is 2. The zero-order valence-electron chi connectivity index (χ0n) is 15.9. The minimum absolute atomic E-state index is 0.0661. The summed E-state index contributed by atoms with van der Waals surface area (Å²) in [6.45, 7) is 5.12. The van der Waals surface area contributed by atoms with Crippen LogP contribution in [0.1, 0.15) is 46.0 Å². The Morgan fingerprint density at radius 2 is 2.15 bits per heavy atom. The molecule has 0 radical (unpaired) electrons. The monoisotopic (exact) mass is 383 g/mol. The molecule has 2 N–H and O–H groups in total. The van der Waals surface area contributed by atoms with E-state index in [2.05, 4.69) is 18.8 Å². The van der Waals surface area contributed by atoms with Crippen LogP contribution in [0, 0.1) is 11.3 Å². The highest BCUT2D eigenvalue weighted by atomic mass is 19.4. The molecule has 0 aromatic rings. The van der Waals surface area contributed by atoms with Gasteiger partial charge in [0.25, 0.3) is 0 Å². The van der Waals surface area contributed by atoms with Crippen molar-refractivity contribution in [2.45, 2.75) is 64.2 Å². The third kappa shape index (κ3) is 3.98. The molecule has 3 atom stereocenters. The van der Waals surface area contributed by atoms with Crippen molar-refractivity contribution in [1.82, 2.24) is 4.90 Å². The summed E-state index contributed by atoms with van der Waals surface area (Å²) in [6, 6.07) is -0.403. The average Bonchev–Trinajstić information content (AvgIpc) is 3.04. The fraction of sp³-hybridized carbons (Fsp3) is 0.700. The number of amides is 1. The van der Waals surface area contributed by atoms with E-state index in [0.29, 0.717) is 25.9 Å². The summed E-state index contributed by atoms with van der Waals surface area (Å²) in [5.41, 5.74) is 6.04. The van der Waals surface area contributed by atoms with Gasteiger partial charge in [-0.2, -0.15) is 13.2 Å². The van der Waals surface area contributed by atoms with Crippen molar-refractivity contribution >= 4 is 12.1 Å². The van der Waals surface area contributed by atoms with Gasteiger partial charge in [-0.05, 0) is 43.3 Å². The number of allylic oxidation sites excluding steroid dienone is 1. The van der Waals surface area contributed by atoms with E-state index in [-0.39, 0.29) is 24.3 Å². The first-order valence-corrected chi connectivity index (χ1v) is 9.67. The Bertz CT molecular complexity index is 680. The van der Waals surface area contributed by atoms with Crippen LogP contribution in [-0.4, -0.2) is 48.4 Å². The van der Waals surface area contributed by atoms with Crippen LogP contribution in [0.25, 0.3) is 0 Å². The molecule has 1 unspecified atom stereocenters. The predicted octanol–water partition coefficient (Wildman–Crippen LogP) is 3.63. The van der Waals surface area contributed by atoms with Crippen LogP contribution >= 0.6 is 0 Å². The Morgan fingerprint density at radius 3 is 2.67 bits per heavy atom. The van der Waals surface area contributed by atoms with Crippen molar-refractivity contribution < 1.29 is 18.0 Å². The van der Waals surface area contributed by atoms with Crippen LogP contribution in [0.2, 0.25) is 0 Å². The molecule has 27 heavy (non-hydrogen) atoms. The second-order valence-electron chi connectivity index (χ2n) is 8.30. The lowest BCUT2D eigenvalue weighted by Gasteiger charge is -2.39. The molecule has 3 rings (SSSR count). The smallest absolute Gasteiger partial charge is 0.338 e. The molecule has 1 aliphatic carbocycles. The molecule has 0 saturated heterocycles. The van der Waals surface area contributed by atoms with Gasteiger partial charge < -0.3 is 10.6 Å². The highest BCUT2D eigenvalue weighted by Crippen LogP contribution is 2.45. The van der Waals surface area contributed by atoms with E-state index in [1.165, 1.54) is 6.21 Å². The van der Waals surface area contributed by atoms with E-state index in [9.17, 15) is 18.0 Å². The number of hydrogen-bond donors (Lipinski definition) is 1. The molecule has 7 heteroatoms. The maximum Gasteiger partial charge on any atom is 0.412 e. The van der Waals surface area contributed by atoms with Gasteiger partial charge in [-0.1, -0.05) is 19.9 Å². The molecule has 1 amide bonds. The molecule has 2 aliphatic heterocycles. The van der Waals surface area contributed by atoms with Gasteiger partial charge in [0.15, 0.2) is 0 Å². The molecule has 2 heterocycles. The Kier molecular flexibility index (Phi) is 5.52. The molecular formula is C20H28F3N3O. The first-order valence-electron chi connectivity index (χ1n) is 9.67. The van der Waals surface area contributed by atoms with Crippen molar-refractivity contribution in [1.29, 1.82) is 0 Å². The molecule has 150 valence electrons. The Morgan fingerprint density at radius 1 is 1.41 bits per heavy atom. The number of carbonyl (C=O) groups excluding carboxylic acids is 1. The summed E-state index contributed by atoms with van der Waals surface area (Å²) in [6.07, 6.45) is 2.71. The fourth-order valence-corrected chi connectivity index (χ4v) is 4.57. The summed E-state index contributed by atoms with van der Waals surface area (Å²) < 4.78 is 38.9. The standard InChI is InChI=1S/C20H28F3N3O/c1-13(2)19(7-3-16(24)12-19)18(27)26-9-5-14(6-10-26)17-11-15(4-8-25-17)20(21,22)23/h4-5,8,13,16-17H,3,6-7,9-12,24H2,1-2H3/t16-,17?,19+/m1/s1. The molecule has 4 nitrogen and oxygen atoms in total. The van der Waals surface area contributed by atoms with Crippen LogP contribution < -0.4 is 5.73 Å². The number of hydrogen-bond acceptors (Lipinski definition) is 3. The zero-order chi connectivity index (χ0) is 19.8. The maximum absolute atomic E-state index is 13.2. The Hall–Kier alpha value is -1.63. The normalized spacial score (nSPS) is 31.9. The van der Waals surface area contributed by atoms with Crippen molar-refractivity contribution in [2.75, 3.05) is 13.1 Å². The van der Waals surface area contributed by atoms with E-state index in [0.717, 1.165) is 24.5 Å². The van der Waals surface area contributed by atoms with E-state index in [1.54, 1.807) is 0 Å².